The molecule has 0 aliphatic heterocycles. The minimum Gasteiger partial charge on any atom is -0.508 e. The number of aromatic hydroxyl groups is 1. The molecule has 0 aliphatic carbocycles. The number of benzene rings is 1. The lowest BCUT2D eigenvalue weighted by atomic mass is 10.2. The van der Waals surface area contributed by atoms with Gasteiger partial charge in [0.05, 0.1) is 12.5 Å². The Morgan fingerprint density at radius 2 is 2.17 bits per heavy atom. The number of hydrogen-bond acceptors (Lipinski definition) is 3. The van der Waals surface area contributed by atoms with E-state index < -0.39 is 0 Å². The first-order valence-corrected chi connectivity index (χ1v) is 5.07. The summed E-state index contributed by atoms with van der Waals surface area (Å²) in [6, 6.07) is 7.21. The van der Waals surface area contributed by atoms with E-state index >= 15 is 0 Å². The van der Waals surface area contributed by atoms with Crippen LogP contribution in [0.5, 0.6) is 5.75 Å². The third kappa shape index (κ3) is 2.75. The van der Waals surface area contributed by atoms with Crippen molar-refractivity contribution in [3.8, 4) is 5.75 Å². The molecule has 0 spiro atoms. The van der Waals surface area contributed by atoms with Crippen molar-refractivity contribution < 1.29 is 9.84 Å². The highest BCUT2D eigenvalue weighted by Gasteiger charge is 1.97. The normalized spacial score (nSPS) is 10.1. The highest BCUT2D eigenvalue weighted by atomic mass is 32.2. The lowest BCUT2D eigenvalue weighted by Gasteiger charge is -2.03. The average molecular weight is 184 g/mol. The fourth-order valence-electron chi connectivity index (χ4n) is 0.868. The van der Waals surface area contributed by atoms with Crippen LogP contribution in [0.15, 0.2) is 24.3 Å². The molecule has 66 valence electrons. The van der Waals surface area contributed by atoms with Crippen molar-refractivity contribution in [2.24, 2.45) is 0 Å². The summed E-state index contributed by atoms with van der Waals surface area (Å²) in [4.78, 5) is 0. The molecule has 0 bridgehead atoms. The minimum atomic E-state index is 0.304. The standard InChI is InChI=1S/C9H12O2S/c1-12-7-11-6-8-4-2-3-5-9(8)10/h2-5,10H,6-7H2,1H3. The smallest absolute Gasteiger partial charge is 0.121 e. The summed E-state index contributed by atoms with van der Waals surface area (Å²) in [7, 11) is 0. The molecule has 0 unspecified atom stereocenters. The van der Waals surface area contributed by atoms with Crippen LogP contribution in [0, 0.1) is 0 Å². The summed E-state index contributed by atoms with van der Waals surface area (Å²) in [6.45, 7) is 0.480. The van der Waals surface area contributed by atoms with Crippen LogP contribution in [-0.2, 0) is 11.3 Å². The Balaban J connectivity index is 2.46. The van der Waals surface area contributed by atoms with Gasteiger partial charge in [0.25, 0.3) is 0 Å². The molecule has 1 N–H and O–H groups in total. The van der Waals surface area contributed by atoms with Gasteiger partial charge in [-0.15, -0.1) is 11.8 Å². The molecule has 0 radical (unpaired) electrons. The molecule has 3 heteroatoms. The van der Waals surface area contributed by atoms with Crippen molar-refractivity contribution in [2.75, 3.05) is 12.2 Å². The SMILES string of the molecule is CSCOCc1ccccc1O. The highest BCUT2D eigenvalue weighted by Crippen LogP contribution is 2.16. The van der Waals surface area contributed by atoms with Gasteiger partial charge in [-0.25, -0.2) is 0 Å². The molecule has 12 heavy (non-hydrogen) atoms. The molecule has 0 atom stereocenters. The summed E-state index contributed by atoms with van der Waals surface area (Å²) in [5, 5.41) is 9.32. The largest absolute Gasteiger partial charge is 0.508 e. The zero-order valence-electron chi connectivity index (χ0n) is 6.99. The van der Waals surface area contributed by atoms with Crippen LogP contribution in [0.2, 0.25) is 0 Å². The zero-order valence-corrected chi connectivity index (χ0v) is 7.80. The van der Waals surface area contributed by atoms with E-state index in [-0.39, 0.29) is 0 Å². The Morgan fingerprint density at radius 1 is 1.42 bits per heavy atom. The Hall–Kier alpha value is -0.670. The second-order valence-corrected chi connectivity index (χ2v) is 3.20. The van der Waals surface area contributed by atoms with Crippen LogP contribution in [0.1, 0.15) is 5.56 Å². The van der Waals surface area contributed by atoms with Gasteiger partial charge in [-0.3, -0.25) is 0 Å². The minimum absolute atomic E-state index is 0.304. The van der Waals surface area contributed by atoms with Crippen LogP contribution < -0.4 is 0 Å². The van der Waals surface area contributed by atoms with Gasteiger partial charge in [-0.05, 0) is 12.3 Å². The maximum atomic E-state index is 9.32. The number of phenols is 1. The molecule has 0 amide bonds. The Morgan fingerprint density at radius 3 is 2.83 bits per heavy atom. The number of para-hydroxylation sites is 1. The zero-order chi connectivity index (χ0) is 8.81. The van der Waals surface area contributed by atoms with E-state index in [2.05, 4.69) is 0 Å². The van der Waals surface area contributed by atoms with Crippen molar-refractivity contribution in [3.63, 3.8) is 0 Å². The lowest BCUT2D eigenvalue weighted by Crippen LogP contribution is -1.91. The van der Waals surface area contributed by atoms with Crippen LogP contribution in [0.4, 0.5) is 0 Å². The second-order valence-electron chi connectivity index (χ2n) is 2.38. The maximum absolute atomic E-state index is 9.32. The van der Waals surface area contributed by atoms with E-state index in [0.717, 1.165) is 5.56 Å². The van der Waals surface area contributed by atoms with Gasteiger partial charge in [-0.1, -0.05) is 18.2 Å². The molecule has 0 aliphatic rings. The molecule has 0 fully saturated rings. The average Bonchev–Trinajstić information content (AvgIpc) is 2.09. The second kappa shape index (κ2) is 5.06. The molecule has 1 aromatic carbocycles. The molecule has 1 rings (SSSR count). The van der Waals surface area contributed by atoms with Crippen molar-refractivity contribution in [3.05, 3.63) is 29.8 Å². The van der Waals surface area contributed by atoms with Crippen molar-refractivity contribution in [1.82, 2.24) is 0 Å². The van der Waals surface area contributed by atoms with Crippen LogP contribution >= 0.6 is 11.8 Å². The fourth-order valence-corrected chi connectivity index (χ4v) is 1.12. The van der Waals surface area contributed by atoms with E-state index in [9.17, 15) is 5.11 Å². The van der Waals surface area contributed by atoms with E-state index in [1.807, 2.05) is 18.4 Å². The summed E-state index contributed by atoms with van der Waals surface area (Å²) in [5.41, 5.74) is 0.839. The summed E-state index contributed by atoms with van der Waals surface area (Å²) in [5.74, 6) is 0.965. The van der Waals surface area contributed by atoms with Crippen LogP contribution in [-0.4, -0.2) is 17.3 Å². The molecule has 2 nitrogen and oxygen atoms in total. The molecule has 0 aromatic heterocycles. The van der Waals surface area contributed by atoms with Gasteiger partial charge in [0.1, 0.15) is 5.75 Å². The summed E-state index contributed by atoms with van der Waals surface area (Å²) in [6.07, 6.45) is 1.98. The summed E-state index contributed by atoms with van der Waals surface area (Å²) >= 11 is 1.62. The van der Waals surface area contributed by atoms with Gasteiger partial charge < -0.3 is 9.84 Å². The van der Waals surface area contributed by atoms with Gasteiger partial charge in [0, 0.05) is 5.56 Å². The first-order valence-electron chi connectivity index (χ1n) is 3.68. The van der Waals surface area contributed by atoms with Crippen molar-refractivity contribution >= 4 is 11.8 Å². The van der Waals surface area contributed by atoms with E-state index in [0.29, 0.717) is 18.3 Å². The lowest BCUT2D eigenvalue weighted by molar-refractivity contribution is 0.167. The van der Waals surface area contributed by atoms with Crippen molar-refractivity contribution in [2.45, 2.75) is 6.61 Å². The number of phenolic OH excluding ortho intramolecular Hbond substituents is 1. The van der Waals surface area contributed by atoms with Gasteiger partial charge in [-0.2, -0.15) is 0 Å². The van der Waals surface area contributed by atoms with Crippen LogP contribution in [0.25, 0.3) is 0 Å². The predicted octanol–water partition coefficient (Wildman–Crippen LogP) is 2.23. The first kappa shape index (κ1) is 9.42. The topological polar surface area (TPSA) is 29.5 Å². The first-order chi connectivity index (χ1) is 5.84. The van der Waals surface area contributed by atoms with E-state index in [4.69, 9.17) is 4.74 Å². The predicted molar refractivity (Wildman–Crippen MR) is 51.3 cm³/mol. The van der Waals surface area contributed by atoms with Crippen LogP contribution in [0.3, 0.4) is 0 Å². The van der Waals surface area contributed by atoms with Gasteiger partial charge in [0.15, 0.2) is 0 Å². The summed E-state index contributed by atoms with van der Waals surface area (Å²) < 4.78 is 5.25. The molecular weight excluding hydrogens is 172 g/mol. The number of ether oxygens (including phenoxy) is 1. The highest BCUT2D eigenvalue weighted by molar-refractivity contribution is 7.98. The number of hydrogen-bond donors (Lipinski definition) is 1. The Labute approximate surface area is 76.6 Å². The number of rotatable bonds is 4. The maximum Gasteiger partial charge on any atom is 0.121 e. The number of thioether (sulfide) groups is 1. The molecule has 0 saturated heterocycles. The van der Waals surface area contributed by atoms with Gasteiger partial charge in [0.2, 0.25) is 0 Å². The third-order valence-electron chi connectivity index (χ3n) is 1.45. The van der Waals surface area contributed by atoms with Gasteiger partial charge >= 0.3 is 0 Å². The van der Waals surface area contributed by atoms with Crippen molar-refractivity contribution in [1.29, 1.82) is 0 Å². The molecular formula is C9H12O2S. The molecule has 0 saturated carbocycles. The Kier molecular flexibility index (Phi) is 3.97. The molecule has 0 heterocycles. The fraction of sp³-hybridized carbons (Fsp3) is 0.333. The molecule has 1 aromatic rings. The quantitative estimate of drug-likeness (QED) is 0.574. The Bertz CT molecular complexity index is 238. The van der Waals surface area contributed by atoms with E-state index in [1.165, 1.54) is 0 Å². The third-order valence-corrected chi connectivity index (χ3v) is 1.85. The monoisotopic (exact) mass is 184 g/mol. The van der Waals surface area contributed by atoms with E-state index in [1.54, 1.807) is 23.9 Å².